The van der Waals surface area contributed by atoms with Gasteiger partial charge in [-0.2, -0.15) is 0 Å². The number of nitrogens with two attached hydrogens (primary N) is 1. The molecular weight excluding hydrogens is 292 g/mol. The second-order valence-corrected chi connectivity index (χ2v) is 6.37. The lowest BCUT2D eigenvalue weighted by atomic mass is 9.81. The topological polar surface area (TPSA) is 55.1 Å². The summed E-state index contributed by atoms with van der Waals surface area (Å²) in [4.78, 5) is 12.2. The van der Waals surface area contributed by atoms with Crippen molar-refractivity contribution in [3.05, 3.63) is 34.3 Å². The molecule has 0 heterocycles. The maximum absolute atomic E-state index is 12.2. The first kappa shape index (κ1) is 13.6. The SMILES string of the molecule is CC1CC(NC(=O)C(C)(N)c2ccc(Br)cc2)C1. The number of benzene rings is 1. The Kier molecular flexibility index (Phi) is 3.78. The van der Waals surface area contributed by atoms with Gasteiger partial charge in [0.25, 0.3) is 0 Å². The minimum atomic E-state index is -0.973. The first-order valence-electron chi connectivity index (χ1n) is 6.25. The Morgan fingerprint density at radius 1 is 1.39 bits per heavy atom. The van der Waals surface area contributed by atoms with Crippen LogP contribution in [0.1, 0.15) is 32.3 Å². The molecule has 0 aromatic heterocycles. The van der Waals surface area contributed by atoms with Gasteiger partial charge in [0, 0.05) is 10.5 Å². The third-order valence-electron chi connectivity index (χ3n) is 3.62. The Hall–Kier alpha value is -0.870. The number of nitrogens with one attached hydrogen (secondary N) is 1. The first-order valence-corrected chi connectivity index (χ1v) is 7.05. The van der Waals surface area contributed by atoms with Gasteiger partial charge in [-0.05, 0) is 43.4 Å². The Morgan fingerprint density at radius 2 is 1.94 bits per heavy atom. The smallest absolute Gasteiger partial charge is 0.244 e. The molecule has 1 aliphatic rings. The van der Waals surface area contributed by atoms with Gasteiger partial charge in [-0.1, -0.05) is 35.0 Å². The van der Waals surface area contributed by atoms with Crippen molar-refractivity contribution in [2.45, 2.75) is 38.3 Å². The van der Waals surface area contributed by atoms with Crippen molar-refractivity contribution < 1.29 is 4.79 Å². The summed E-state index contributed by atoms with van der Waals surface area (Å²) in [6.45, 7) is 3.95. The highest BCUT2D eigenvalue weighted by Crippen LogP contribution is 2.28. The molecular formula is C14H19BrN2O. The van der Waals surface area contributed by atoms with Crippen molar-refractivity contribution in [3.63, 3.8) is 0 Å². The second-order valence-electron chi connectivity index (χ2n) is 5.46. The molecule has 1 saturated carbocycles. The van der Waals surface area contributed by atoms with E-state index in [2.05, 4.69) is 28.2 Å². The zero-order chi connectivity index (χ0) is 13.3. The van der Waals surface area contributed by atoms with Crippen LogP contribution in [0, 0.1) is 5.92 Å². The van der Waals surface area contributed by atoms with Crippen LogP contribution < -0.4 is 11.1 Å². The lowest BCUT2D eigenvalue weighted by Gasteiger charge is -2.36. The van der Waals surface area contributed by atoms with Crippen LogP contribution in [0.5, 0.6) is 0 Å². The van der Waals surface area contributed by atoms with Crippen molar-refractivity contribution in [1.82, 2.24) is 5.32 Å². The molecule has 3 N–H and O–H groups in total. The summed E-state index contributed by atoms with van der Waals surface area (Å²) in [5.74, 6) is 0.619. The van der Waals surface area contributed by atoms with Crippen LogP contribution in [0.3, 0.4) is 0 Å². The third kappa shape index (κ3) is 2.75. The van der Waals surface area contributed by atoms with E-state index in [1.54, 1.807) is 6.92 Å². The van der Waals surface area contributed by atoms with Crippen LogP contribution in [0.2, 0.25) is 0 Å². The summed E-state index contributed by atoms with van der Waals surface area (Å²) in [6, 6.07) is 7.86. The highest BCUT2D eigenvalue weighted by atomic mass is 79.9. The average molecular weight is 311 g/mol. The van der Waals surface area contributed by atoms with E-state index >= 15 is 0 Å². The molecule has 1 unspecified atom stereocenters. The summed E-state index contributed by atoms with van der Waals surface area (Å²) < 4.78 is 0.982. The van der Waals surface area contributed by atoms with Crippen LogP contribution in [-0.4, -0.2) is 11.9 Å². The van der Waals surface area contributed by atoms with E-state index in [9.17, 15) is 4.79 Å². The zero-order valence-corrected chi connectivity index (χ0v) is 12.3. The molecule has 1 aliphatic carbocycles. The van der Waals surface area contributed by atoms with E-state index in [1.165, 1.54) is 0 Å². The first-order chi connectivity index (χ1) is 8.39. The van der Waals surface area contributed by atoms with E-state index in [1.807, 2.05) is 24.3 Å². The molecule has 0 aliphatic heterocycles. The van der Waals surface area contributed by atoms with Crippen LogP contribution in [0.25, 0.3) is 0 Å². The predicted octanol–water partition coefficient (Wildman–Crippen LogP) is 2.54. The Morgan fingerprint density at radius 3 is 2.44 bits per heavy atom. The largest absolute Gasteiger partial charge is 0.351 e. The summed E-state index contributed by atoms with van der Waals surface area (Å²) >= 11 is 3.38. The fourth-order valence-electron chi connectivity index (χ4n) is 2.28. The van der Waals surface area contributed by atoms with Gasteiger partial charge >= 0.3 is 0 Å². The molecule has 98 valence electrons. The summed E-state index contributed by atoms with van der Waals surface area (Å²) in [7, 11) is 0. The van der Waals surface area contributed by atoms with E-state index in [0.29, 0.717) is 12.0 Å². The molecule has 0 saturated heterocycles. The summed E-state index contributed by atoms with van der Waals surface area (Å²) in [5, 5.41) is 3.02. The molecule has 3 nitrogen and oxygen atoms in total. The van der Waals surface area contributed by atoms with Crippen LogP contribution in [0.15, 0.2) is 28.7 Å². The lowest BCUT2D eigenvalue weighted by molar-refractivity contribution is -0.127. The Labute approximate surface area is 116 Å². The number of carbonyl (C=O) groups is 1. The molecule has 1 atom stereocenters. The molecule has 1 fully saturated rings. The fraction of sp³-hybridized carbons (Fsp3) is 0.500. The van der Waals surface area contributed by atoms with Crippen molar-refractivity contribution in [1.29, 1.82) is 0 Å². The van der Waals surface area contributed by atoms with Gasteiger partial charge in [0.05, 0.1) is 0 Å². The molecule has 18 heavy (non-hydrogen) atoms. The van der Waals surface area contributed by atoms with Gasteiger partial charge in [0.15, 0.2) is 0 Å². The van der Waals surface area contributed by atoms with E-state index in [-0.39, 0.29) is 5.91 Å². The number of carbonyl (C=O) groups excluding carboxylic acids is 1. The number of hydrogen-bond donors (Lipinski definition) is 2. The highest BCUT2D eigenvalue weighted by Gasteiger charge is 2.34. The third-order valence-corrected chi connectivity index (χ3v) is 4.15. The Balaban J connectivity index is 2.05. The molecule has 1 amide bonds. The van der Waals surface area contributed by atoms with Gasteiger partial charge in [-0.3, -0.25) is 4.79 Å². The van der Waals surface area contributed by atoms with Crippen molar-refractivity contribution in [2.24, 2.45) is 11.7 Å². The fourth-order valence-corrected chi connectivity index (χ4v) is 2.55. The summed E-state index contributed by atoms with van der Waals surface area (Å²) in [6.07, 6.45) is 2.12. The van der Waals surface area contributed by atoms with E-state index < -0.39 is 5.54 Å². The molecule has 1 aromatic rings. The minimum absolute atomic E-state index is 0.0956. The van der Waals surface area contributed by atoms with Gasteiger partial charge in [-0.15, -0.1) is 0 Å². The Bertz CT molecular complexity index is 436. The van der Waals surface area contributed by atoms with Crippen molar-refractivity contribution in [2.75, 3.05) is 0 Å². The molecule has 1 aromatic carbocycles. The molecule has 0 radical (unpaired) electrons. The van der Waals surface area contributed by atoms with Crippen LogP contribution in [0.4, 0.5) is 0 Å². The molecule has 2 rings (SSSR count). The number of rotatable bonds is 3. The van der Waals surface area contributed by atoms with Gasteiger partial charge in [0.1, 0.15) is 5.54 Å². The zero-order valence-electron chi connectivity index (χ0n) is 10.7. The van der Waals surface area contributed by atoms with Gasteiger partial charge < -0.3 is 11.1 Å². The maximum atomic E-state index is 12.2. The standard InChI is InChI=1S/C14H19BrN2O/c1-9-7-12(8-9)17-13(18)14(2,16)10-3-5-11(15)6-4-10/h3-6,9,12H,7-8,16H2,1-2H3,(H,17,18). The maximum Gasteiger partial charge on any atom is 0.244 e. The van der Waals surface area contributed by atoms with Crippen LogP contribution in [-0.2, 0) is 10.3 Å². The second kappa shape index (κ2) is 5.02. The summed E-state index contributed by atoms with van der Waals surface area (Å²) in [5.41, 5.74) is 6.02. The predicted molar refractivity (Wildman–Crippen MR) is 76.0 cm³/mol. The van der Waals surface area contributed by atoms with E-state index in [0.717, 1.165) is 22.9 Å². The quantitative estimate of drug-likeness (QED) is 0.901. The van der Waals surface area contributed by atoms with Crippen LogP contribution >= 0.6 is 15.9 Å². The number of hydrogen-bond acceptors (Lipinski definition) is 2. The van der Waals surface area contributed by atoms with Gasteiger partial charge in [-0.25, -0.2) is 0 Å². The normalized spacial score (nSPS) is 26.0. The van der Waals surface area contributed by atoms with Crippen molar-refractivity contribution >= 4 is 21.8 Å². The molecule has 0 bridgehead atoms. The van der Waals surface area contributed by atoms with Gasteiger partial charge in [0.2, 0.25) is 5.91 Å². The average Bonchev–Trinajstić information content (AvgIpc) is 2.27. The van der Waals surface area contributed by atoms with Crippen molar-refractivity contribution in [3.8, 4) is 0 Å². The molecule has 0 spiro atoms. The molecule has 4 heteroatoms. The monoisotopic (exact) mass is 310 g/mol. The number of halogens is 1. The van der Waals surface area contributed by atoms with E-state index in [4.69, 9.17) is 5.73 Å². The minimum Gasteiger partial charge on any atom is -0.351 e. The highest BCUT2D eigenvalue weighted by molar-refractivity contribution is 9.10. The number of amides is 1. The lowest BCUT2D eigenvalue weighted by Crippen LogP contribution is -2.54.